The summed E-state index contributed by atoms with van der Waals surface area (Å²) in [5, 5.41) is 18.4. The maximum absolute atomic E-state index is 10.6. The van der Waals surface area contributed by atoms with Gasteiger partial charge in [0.15, 0.2) is 0 Å². The molecule has 0 heterocycles. The zero-order valence-corrected chi connectivity index (χ0v) is 7.90. The number of aromatic hydroxyl groups is 1. The second kappa shape index (κ2) is 3.01. The van der Waals surface area contributed by atoms with Gasteiger partial charge in [-0.15, -0.1) is 0 Å². The summed E-state index contributed by atoms with van der Waals surface area (Å²) in [5.41, 5.74) is 1.75. The van der Waals surface area contributed by atoms with Gasteiger partial charge in [0.05, 0.1) is 5.92 Å². The van der Waals surface area contributed by atoms with Gasteiger partial charge in [-0.3, -0.25) is 4.79 Å². The second-order valence-electron chi connectivity index (χ2n) is 3.85. The van der Waals surface area contributed by atoms with Crippen LogP contribution in [0.15, 0.2) is 18.2 Å². The molecule has 0 radical (unpaired) electrons. The molecular formula is C11H12O3. The van der Waals surface area contributed by atoms with Crippen molar-refractivity contribution in [1.82, 2.24) is 0 Å². The summed E-state index contributed by atoms with van der Waals surface area (Å²) >= 11 is 0. The topological polar surface area (TPSA) is 57.5 Å². The number of hydrogen-bond acceptors (Lipinski definition) is 2. The van der Waals surface area contributed by atoms with Gasteiger partial charge in [0.2, 0.25) is 0 Å². The molecule has 1 aromatic rings. The van der Waals surface area contributed by atoms with E-state index < -0.39 is 5.97 Å². The SMILES string of the molecule is Cc1ccc(C2CC2C(=O)O)c(O)c1. The van der Waals surface area contributed by atoms with E-state index in [4.69, 9.17) is 5.11 Å². The van der Waals surface area contributed by atoms with Crippen molar-refractivity contribution in [2.75, 3.05) is 0 Å². The Hall–Kier alpha value is -1.51. The standard InChI is InChI=1S/C11H12O3/c1-6-2-3-7(10(12)4-6)8-5-9(8)11(13)14/h2-4,8-9,12H,5H2,1H3,(H,13,14). The summed E-state index contributed by atoms with van der Waals surface area (Å²) in [6.45, 7) is 1.89. The van der Waals surface area contributed by atoms with E-state index in [2.05, 4.69) is 0 Å². The van der Waals surface area contributed by atoms with Crippen molar-refractivity contribution >= 4 is 5.97 Å². The Kier molecular flexibility index (Phi) is 1.95. The molecule has 0 amide bonds. The molecule has 1 fully saturated rings. The molecule has 74 valence electrons. The number of carboxylic acids is 1. The summed E-state index contributed by atoms with van der Waals surface area (Å²) in [4.78, 5) is 10.6. The van der Waals surface area contributed by atoms with E-state index >= 15 is 0 Å². The number of carboxylic acid groups (broad SMARTS) is 1. The zero-order chi connectivity index (χ0) is 10.3. The highest BCUT2D eigenvalue weighted by molar-refractivity contribution is 5.75. The van der Waals surface area contributed by atoms with E-state index in [1.54, 1.807) is 6.07 Å². The lowest BCUT2D eigenvalue weighted by atomic mass is 10.1. The third kappa shape index (κ3) is 1.45. The number of rotatable bonds is 2. The van der Waals surface area contributed by atoms with Crippen molar-refractivity contribution < 1.29 is 15.0 Å². The van der Waals surface area contributed by atoms with Crippen molar-refractivity contribution in [3.8, 4) is 5.75 Å². The minimum absolute atomic E-state index is 0.00750. The van der Waals surface area contributed by atoms with E-state index in [1.807, 2.05) is 19.1 Å². The summed E-state index contributed by atoms with van der Waals surface area (Å²) in [5.74, 6) is -0.842. The molecule has 0 aliphatic heterocycles. The fourth-order valence-corrected chi connectivity index (χ4v) is 1.78. The fraction of sp³-hybridized carbons (Fsp3) is 0.364. The molecule has 0 spiro atoms. The average molecular weight is 192 g/mol. The third-order valence-corrected chi connectivity index (χ3v) is 2.69. The molecule has 0 saturated heterocycles. The van der Waals surface area contributed by atoms with E-state index in [9.17, 15) is 9.90 Å². The van der Waals surface area contributed by atoms with Crippen molar-refractivity contribution in [2.24, 2.45) is 5.92 Å². The lowest BCUT2D eigenvalue weighted by Gasteiger charge is -2.03. The van der Waals surface area contributed by atoms with Gasteiger partial charge in [-0.25, -0.2) is 0 Å². The van der Waals surface area contributed by atoms with Crippen molar-refractivity contribution in [1.29, 1.82) is 0 Å². The fourth-order valence-electron chi connectivity index (χ4n) is 1.78. The van der Waals surface area contributed by atoms with Crippen LogP contribution in [0.1, 0.15) is 23.5 Å². The van der Waals surface area contributed by atoms with Crippen molar-refractivity contribution in [3.63, 3.8) is 0 Å². The summed E-state index contributed by atoms with van der Waals surface area (Å²) < 4.78 is 0. The number of phenols is 1. The number of hydrogen-bond donors (Lipinski definition) is 2. The van der Waals surface area contributed by atoms with Crippen molar-refractivity contribution in [2.45, 2.75) is 19.3 Å². The number of aryl methyl sites for hydroxylation is 1. The number of aliphatic carboxylic acids is 1. The summed E-state index contributed by atoms with van der Waals surface area (Å²) in [7, 11) is 0. The number of benzene rings is 1. The highest BCUT2D eigenvalue weighted by atomic mass is 16.4. The number of phenolic OH excluding ortho intramolecular Hbond substituents is 1. The molecule has 14 heavy (non-hydrogen) atoms. The van der Waals surface area contributed by atoms with E-state index in [0.29, 0.717) is 6.42 Å². The minimum Gasteiger partial charge on any atom is -0.508 e. The van der Waals surface area contributed by atoms with Crippen LogP contribution in [0.25, 0.3) is 0 Å². The Morgan fingerprint density at radius 1 is 1.50 bits per heavy atom. The highest BCUT2D eigenvalue weighted by Crippen LogP contribution is 2.50. The van der Waals surface area contributed by atoms with Crippen molar-refractivity contribution in [3.05, 3.63) is 29.3 Å². The van der Waals surface area contributed by atoms with Gasteiger partial charge in [-0.1, -0.05) is 12.1 Å². The Bertz CT molecular complexity index is 384. The van der Waals surface area contributed by atoms with Gasteiger partial charge < -0.3 is 10.2 Å². The van der Waals surface area contributed by atoms with Crippen LogP contribution in [0.5, 0.6) is 5.75 Å². The lowest BCUT2D eigenvalue weighted by Crippen LogP contribution is -1.99. The van der Waals surface area contributed by atoms with E-state index in [-0.39, 0.29) is 17.6 Å². The summed E-state index contributed by atoms with van der Waals surface area (Å²) in [6.07, 6.45) is 0.645. The minimum atomic E-state index is -0.769. The van der Waals surface area contributed by atoms with Gasteiger partial charge in [0.1, 0.15) is 5.75 Å². The maximum Gasteiger partial charge on any atom is 0.307 e. The third-order valence-electron chi connectivity index (χ3n) is 2.69. The van der Waals surface area contributed by atoms with Crippen LogP contribution in [0.3, 0.4) is 0 Å². The Morgan fingerprint density at radius 3 is 2.71 bits per heavy atom. The first kappa shape index (κ1) is 9.06. The summed E-state index contributed by atoms with van der Waals surface area (Å²) in [6, 6.07) is 5.39. The van der Waals surface area contributed by atoms with Crippen LogP contribution < -0.4 is 0 Å². The van der Waals surface area contributed by atoms with Crippen LogP contribution in [0.4, 0.5) is 0 Å². The van der Waals surface area contributed by atoms with Crippen LogP contribution in [0.2, 0.25) is 0 Å². The predicted molar refractivity (Wildman–Crippen MR) is 51.3 cm³/mol. The predicted octanol–water partition coefficient (Wildman–Crippen LogP) is 1.89. The molecule has 3 nitrogen and oxygen atoms in total. The second-order valence-corrected chi connectivity index (χ2v) is 3.85. The molecular weight excluding hydrogens is 180 g/mol. The Labute approximate surface area is 82.0 Å². The smallest absolute Gasteiger partial charge is 0.307 e. The molecule has 2 rings (SSSR count). The molecule has 1 aromatic carbocycles. The zero-order valence-electron chi connectivity index (χ0n) is 7.90. The molecule has 1 aliphatic carbocycles. The first-order chi connectivity index (χ1) is 6.59. The maximum atomic E-state index is 10.6. The van der Waals surface area contributed by atoms with Gasteiger partial charge in [0, 0.05) is 5.92 Å². The van der Waals surface area contributed by atoms with Gasteiger partial charge in [-0.05, 0) is 30.5 Å². The molecule has 2 atom stereocenters. The highest BCUT2D eigenvalue weighted by Gasteiger charge is 2.45. The molecule has 0 bridgehead atoms. The normalized spacial score (nSPS) is 24.6. The van der Waals surface area contributed by atoms with Crippen LogP contribution in [0, 0.1) is 12.8 Å². The monoisotopic (exact) mass is 192 g/mol. The van der Waals surface area contributed by atoms with Crippen LogP contribution in [-0.4, -0.2) is 16.2 Å². The van der Waals surface area contributed by atoms with Crippen LogP contribution >= 0.6 is 0 Å². The first-order valence-electron chi connectivity index (χ1n) is 4.62. The molecule has 3 heteroatoms. The lowest BCUT2D eigenvalue weighted by molar-refractivity contribution is -0.138. The molecule has 2 N–H and O–H groups in total. The molecule has 1 saturated carbocycles. The number of carbonyl (C=O) groups is 1. The van der Waals surface area contributed by atoms with E-state index in [0.717, 1.165) is 11.1 Å². The molecule has 2 unspecified atom stereocenters. The molecule has 1 aliphatic rings. The Balaban J connectivity index is 2.23. The largest absolute Gasteiger partial charge is 0.508 e. The van der Waals surface area contributed by atoms with Gasteiger partial charge >= 0.3 is 5.97 Å². The van der Waals surface area contributed by atoms with Gasteiger partial charge in [-0.2, -0.15) is 0 Å². The van der Waals surface area contributed by atoms with Gasteiger partial charge in [0.25, 0.3) is 0 Å². The quantitative estimate of drug-likeness (QED) is 0.752. The first-order valence-corrected chi connectivity index (χ1v) is 4.62. The Morgan fingerprint density at radius 2 is 2.21 bits per heavy atom. The van der Waals surface area contributed by atoms with Crippen LogP contribution in [-0.2, 0) is 4.79 Å². The molecule has 0 aromatic heterocycles. The average Bonchev–Trinajstić information content (AvgIpc) is 2.83. The van der Waals surface area contributed by atoms with E-state index in [1.165, 1.54) is 0 Å².